The average molecular weight is 402 g/mol. The summed E-state index contributed by atoms with van der Waals surface area (Å²) in [6.07, 6.45) is 1.61. The first kappa shape index (κ1) is 20.1. The fourth-order valence-electron chi connectivity index (χ4n) is 2.47. The normalized spacial score (nSPS) is 14.2. The molecule has 1 aromatic carbocycles. The van der Waals surface area contributed by atoms with Gasteiger partial charge in [0.1, 0.15) is 0 Å². The molecule has 128 valence electrons. The lowest BCUT2D eigenvalue weighted by molar-refractivity contribution is -0.112. The van der Waals surface area contributed by atoms with E-state index in [9.17, 15) is 13.2 Å². The maximum absolute atomic E-state index is 12.8. The number of aryl methyl sites for hydroxylation is 3. The van der Waals surface area contributed by atoms with Crippen LogP contribution in [0.4, 0.5) is 0 Å². The SMILES string of the molecule is CC(=O)/C(Br)=C/[C@@H](NS(=O)(=O)c1c(C)cc(C)cc1C)C(C)C. The van der Waals surface area contributed by atoms with Crippen molar-refractivity contribution in [1.29, 1.82) is 0 Å². The van der Waals surface area contributed by atoms with E-state index in [4.69, 9.17) is 0 Å². The molecule has 0 aromatic heterocycles. The van der Waals surface area contributed by atoms with Gasteiger partial charge in [-0.05, 0) is 66.7 Å². The summed E-state index contributed by atoms with van der Waals surface area (Å²) in [6, 6.07) is 3.24. The second-order valence-electron chi connectivity index (χ2n) is 6.19. The standard InChI is InChI=1S/C17H24BrNO3S/c1-10(2)16(9-15(18)14(6)20)19-23(21,22)17-12(4)7-11(3)8-13(17)5/h7-10,16,19H,1-6H3/b15-9-/t16-/m1/s1. The van der Waals surface area contributed by atoms with Crippen LogP contribution in [0.15, 0.2) is 27.6 Å². The minimum atomic E-state index is -3.68. The Balaban J connectivity index is 3.28. The molecule has 0 amide bonds. The molecule has 0 bridgehead atoms. The molecule has 0 radical (unpaired) electrons. The van der Waals surface area contributed by atoms with Crippen molar-refractivity contribution in [2.75, 3.05) is 0 Å². The minimum Gasteiger partial charge on any atom is -0.294 e. The van der Waals surface area contributed by atoms with Gasteiger partial charge in [0.25, 0.3) is 0 Å². The predicted molar refractivity (Wildman–Crippen MR) is 97.3 cm³/mol. The molecule has 4 nitrogen and oxygen atoms in total. The number of sulfonamides is 1. The van der Waals surface area contributed by atoms with Crippen LogP contribution in [0.2, 0.25) is 0 Å². The molecule has 0 saturated heterocycles. The van der Waals surface area contributed by atoms with Gasteiger partial charge in [0.05, 0.1) is 9.38 Å². The Labute approximate surface area is 147 Å². The minimum absolute atomic E-state index is 0.00253. The molecule has 0 spiro atoms. The fraction of sp³-hybridized carbons (Fsp3) is 0.471. The van der Waals surface area contributed by atoms with E-state index in [-0.39, 0.29) is 11.7 Å². The second kappa shape index (κ2) is 7.73. The van der Waals surface area contributed by atoms with E-state index < -0.39 is 16.1 Å². The summed E-state index contributed by atoms with van der Waals surface area (Å²) in [5, 5.41) is 0. The largest absolute Gasteiger partial charge is 0.294 e. The predicted octanol–water partition coefficient (Wildman–Crippen LogP) is 3.78. The van der Waals surface area contributed by atoms with Crippen LogP contribution in [0.3, 0.4) is 0 Å². The first-order chi connectivity index (χ1) is 10.5. The van der Waals surface area contributed by atoms with E-state index in [0.29, 0.717) is 20.5 Å². The van der Waals surface area contributed by atoms with Gasteiger partial charge >= 0.3 is 0 Å². The van der Waals surface area contributed by atoms with Crippen LogP contribution < -0.4 is 4.72 Å². The van der Waals surface area contributed by atoms with Gasteiger partial charge in [-0.2, -0.15) is 0 Å². The van der Waals surface area contributed by atoms with Gasteiger partial charge in [-0.1, -0.05) is 31.5 Å². The summed E-state index contributed by atoms with van der Waals surface area (Å²) in [4.78, 5) is 11.7. The van der Waals surface area contributed by atoms with Gasteiger partial charge in [0, 0.05) is 6.04 Å². The fourth-order valence-corrected chi connectivity index (χ4v) is 4.53. The highest BCUT2D eigenvalue weighted by molar-refractivity contribution is 9.12. The molecule has 0 aliphatic rings. The number of benzene rings is 1. The van der Waals surface area contributed by atoms with Crippen molar-refractivity contribution < 1.29 is 13.2 Å². The van der Waals surface area contributed by atoms with Crippen LogP contribution in [0.5, 0.6) is 0 Å². The number of carbonyl (C=O) groups excluding carboxylic acids is 1. The lowest BCUT2D eigenvalue weighted by Crippen LogP contribution is -2.38. The summed E-state index contributed by atoms with van der Waals surface area (Å²) in [6.45, 7) is 10.8. The van der Waals surface area contributed by atoms with Crippen molar-refractivity contribution >= 4 is 31.7 Å². The van der Waals surface area contributed by atoms with Crippen molar-refractivity contribution in [2.24, 2.45) is 5.92 Å². The van der Waals surface area contributed by atoms with Gasteiger partial charge in [0.2, 0.25) is 10.0 Å². The molecule has 23 heavy (non-hydrogen) atoms. The molecule has 0 fully saturated rings. The van der Waals surface area contributed by atoms with E-state index >= 15 is 0 Å². The van der Waals surface area contributed by atoms with Gasteiger partial charge in [-0.3, -0.25) is 4.79 Å². The summed E-state index contributed by atoms with van der Waals surface area (Å²) >= 11 is 3.19. The van der Waals surface area contributed by atoms with E-state index in [0.717, 1.165) is 5.56 Å². The zero-order valence-corrected chi connectivity index (χ0v) is 16.8. The topological polar surface area (TPSA) is 63.2 Å². The maximum Gasteiger partial charge on any atom is 0.241 e. The number of Topliss-reactive ketones (excluding diaryl/α,β-unsaturated/α-hetero) is 1. The Morgan fingerprint density at radius 3 is 2.04 bits per heavy atom. The Kier molecular flexibility index (Phi) is 6.74. The van der Waals surface area contributed by atoms with E-state index in [1.54, 1.807) is 19.9 Å². The number of rotatable bonds is 6. The second-order valence-corrected chi connectivity index (χ2v) is 8.69. The zero-order chi connectivity index (χ0) is 17.9. The van der Waals surface area contributed by atoms with Gasteiger partial charge in [-0.15, -0.1) is 0 Å². The van der Waals surface area contributed by atoms with Crippen LogP contribution in [0.1, 0.15) is 37.5 Å². The third-order valence-corrected chi connectivity index (χ3v) is 6.13. The number of hydrogen-bond donors (Lipinski definition) is 1. The monoisotopic (exact) mass is 401 g/mol. The quantitative estimate of drug-likeness (QED) is 0.737. The average Bonchev–Trinajstić information content (AvgIpc) is 2.35. The van der Waals surface area contributed by atoms with Crippen LogP contribution in [-0.4, -0.2) is 20.2 Å². The first-order valence-corrected chi connectivity index (χ1v) is 9.71. The number of allylic oxidation sites excluding steroid dienone is 1. The van der Waals surface area contributed by atoms with E-state index in [2.05, 4.69) is 20.7 Å². The molecule has 6 heteroatoms. The summed E-state index contributed by atoms with van der Waals surface area (Å²) in [5.74, 6) is -0.139. The van der Waals surface area contributed by atoms with Crippen LogP contribution in [-0.2, 0) is 14.8 Å². The lowest BCUT2D eigenvalue weighted by atomic mass is 10.1. The molecule has 0 aliphatic heterocycles. The van der Waals surface area contributed by atoms with Crippen LogP contribution >= 0.6 is 15.9 Å². The van der Waals surface area contributed by atoms with Crippen molar-refractivity contribution in [3.63, 3.8) is 0 Å². The third-order valence-electron chi connectivity index (χ3n) is 3.55. The number of halogens is 1. The maximum atomic E-state index is 12.8. The highest BCUT2D eigenvalue weighted by Crippen LogP contribution is 2.23. The van der Waals surface area contributed by atoms with Crippen molar-refractivity contribution in [3.8, 4) is 0 Å². The Bertz CT molecular complexity index is 713. The number of hydrogen-bond acceptors (Lipinski definition) is 3. The molecule has 1 rings (SSSR count). The Hall–Kier alpha value is -0.980. The van der Waals surface area contributed by atoms with Crippen LogP contribution in [0.25, 0.3) is 0 Å². The van der Waals surface area contributed by atoms with Gasteiger partial charge in [0.15, 0.2) is 5.78 Å². The third kappa shape index (κ3) is 5.26. The number of ketones is 1. The molecule has 0 aliphatic carbocycles. The Morgan fingerprint density at radius 2 is 1.65 bits per heavy atom. The molecule has 1 N–H and O–H groups in total. The lowest BCUT2D eigenvalue weighted by Gasteiger charge is -2.21. The first-order valence-electron chi connectivity index (χ1n) is 7.44. The molecule has 0 unspecified atom stereocenters. The van der Waals surface area contributed by atoms with Crippen molar-refractivity contribution in [1.82, 2.24) is 4.72 Å². The Morgan fingerprint density at radius 1 is 1.17 bits per heavy atom. The highest BCUT2D eigenvalue weighted by atomic mass is 79.9. The summed E-state index contributed by atoms with van der Waals surface area (Å²) in [7, 11) is -3.68. The van der Waals surface area contributed by atoms with Gasteiger partial charge in [-0.25, -0.2) is 13.1 Å². The number of nitrogens with one attached hydrogen (secondary N) is 1. The smallest absolute Gasteiger partial charge is 0.241 e. The molecule has 0 heterocycles. The molecule has 0 saturated carbocycles. The molecule has 1 atom stereocenters. The molecular weight excluding hydrogens is 378 g/mol. The van der Waals surface area contributed by atoms with Crippen molar-refractivity contribution in [3.05, 3.63) is 39.4 Å². The summed E-state index contributed by atoms with van der Waals surface area (Å²) < 4.78 is 28.7. The van der Waals surface area contributed by atoms with Crippen molar-refractivity contribution in [2.45, 2.75) is 52.5 Å². The van der Waals surface area contributed by atoms with Gasteiger partial charge < -0.3 is 0 Å². The van der Waals surface area contributed by atoms with E-state index in [1.807, 2.05) is 32.9 Å². The number of carbonyl (C=O) groups is 1. The molecular formula is C17H24BrNO3S. The highest BCUT2D eigenvalue weighted by Gasteiger charge is 2.25. The van der Waals surface area contributed by atoms with Crippen LogP contribution in [0, 0.1) is 26.7 Å². The molecule has 1 aromatic rings. The van der Waals surface area contributed by atoms with E-state index in [1.165, 1.54) is 6.92 Å². The summed E-state index contributed by atoms with van der Waals surface area (Å²) in [5.41, 5.74) is 2.46. The zero-order valence-electron chi connectivity index (χ0n) is 14.4.